The number of halogens is 1. The van der Waals surface area contributed by atoms with Crippen molar-refractivity contribution in [2.45, 2.75) is 17.7 Å². The molecule has 1 amide bonds. The molecule has 1 fully saturated rings. The van der Waals surface area contributed by atoms with Crippen LogP contribution in [0, 0.1) is 0 Å². The molecular formula is C18H19ClN2O4S. The van der Waals surface area contributed by atoms with E-state index >= 15 is 0 Å². The average molecular weight is 395 g/mol. The minimum Gasteiger partial charge on any atom is -0.495 e. The Labute approximate surface area is 157 Å². The highest BCUT2D eigenvalue weighted by atomic mass is 35.5. The summed E-state index contributed by atoms with van der Waals surface area (Å²) in [6, 6.07) is 11.1. The van der Waals surface area contributed by atoms with Crippen LogP contribution < -0.4 is 10.1 Å². The van der Waals surface area contributed by atoms with E-state index in [1.807, 2.05) is 0 Å². The Morgan fingerprint density at radius 1 is 1.15 bits per heavy atom. The van der Waals surface area contributed by atoms with Gasteiger partial charge in [0.05, 0.1) is 7.11 Å². The number of hydrogen-bond donors (Lipinski definition) is 1. The molecule has 0 radical (unpaired) electrons. The summed E-state index contributed by atoms with van der Waals surface area (Å²) in [5.74, 6) is -0.205. The quantitative estimate of drug-likeness (QED) is 0.843. The lowest BCUT2D eigenvalue weighted by atomic mass is 10.2. The van der Waals surface area contributed by atoms with Crippen molar-refractivity contribution in [2.24, 2.45) is 0 Å². The topological polar surface area (TPSA) is 75.7 Å². The van der Waals surface area contributed by atoms with Gasteiger partial charge < -0.3 is 10.1 Å². The molecule has 0 saturated carbocycles. The molecule has 138 valence electrons. The Morgan fingerprint density at radius 3 is 2.54 bits per heavy atom. The maximum atomic E-state index is 12.9. The van der Waals surface area contributed by atoms with Crippen LogP contribution in [0.5, 0.6) is 5.75 Å². The number of sulfonamides is 1. The zero-order valence-electron chi connectivity index (χ0n) is 14.2. The lowest BCUT2D eigenvalue weighted by Gasteiger charge is -2.18. The smallest absolute Gasteiger partial charge is 0.255 e. The number of carbonyl (C=O) groups excluding carboxylic acids is 1. The zero-order chi connectivity index (χ0) is 18.7. The highest BCUT2D eigenvalue weighted by molar-refractivity contribution is 7.89. The number of nitrogens with zero attached hydrogens (tertiary/aromatic N) is 1. The summed E-state index contributed by atoms with van der Waals surface area (Å²) in [5.41, 5.74) is 0.755. The second-order valence-electron chi connectivity index (χ2n) is 5.94. The van der Waals surface area contributed by atoms with Crippen LogP contribution >= 0.6 is 11.6 Å². The summed E-state index contributed by atoms with van der Waals surface area (Å²) in [6.07, 6.45) is 1.66. The van der Waals surface area contributed by atoms with Gasteiger partial charge in [0.15, 0.2) is 0 Å². The van der Waals surface area contributed by atoms with Crippen molar-refractivity contribution in [3.05, 3.63) is 53.1 Å². The SMILES string of the molecule is COc1ccc(C(=O)Nc2cccc(Cl)c2)cc1S(=O)(=O)N1CCCC1. The molecule has 0 spiro atoms. The van der Waals surface area contributed by atoms with Crippen LogP contribution in [0.4, 0.5) is 5.69 Å². The van der Waals surface area contributed by atoms with Gasteiger partial charge in [0.1, 0.15) is 10.6 Å². The zero-order valence-corrected chi connectivity index (χ0v) is 15.8. The Kier molecular flexibility index (Phi) is 5.50. The van der Waals surface area contributed by atoms with E-state index in [4.69, 9.17) is 16.3 Å². The van der Waals surface area contributed by atoms with Gasteiger partial charge in [-0.15, -0.1) is 0 Å². The Morgan fingerprint density at radius 2 is 1.88 bits per heavy atom. The van der Waals surface area contributed by atoms with E-state index in [1.54, 1.807) is 24.3 Å². The second-order valence-corrected chi connectivity index (χ2v) is 8.28. The number of methoxy groups -OCH3 is 1. The number of rotatable bonds is 5. The predicted molar refractivity (Wildman–Crippen MR) is 100 cm³/mol. The van der Waals surface area contributed by atoms with Gasteiger partial charge in [0.25, 0.3) is 5.91 Å². The third kappa shape index (κ3) is 3.85. The van der Waals surface area contributed by atoms with Crippen LogP contribution in [-0.4, -0.2) is 38.8 Å². The molecule has 2 aromatic carbocycles. The van der Waals surface area contributed by atoms with Gasteiger partial charge in [-0.2, -0.15) is 4.31 Å². The molecule has 2 aromatic rings. The van der Waals surface area contributed by atoms with Crippen molar-refractivity contribution in [3.8, 4) is 5.75 Å². The minimum atomic E-state index is -3.71. The fourth-order valence-electron chi connectivity index (χ4n) is 2.86. The van der Waals surface area contributed by atoms with Gasteiger partial charge in [-0.3, -0.25) is 4.79 Å². The first-order chi connectivity index (χ1) is 12.4. The molecule has 0 unspecified atom stereocenters. The summed E-state index contributed by atoms with van der Waals surface area (Å²) in [5, 5.41) is 3.21. The minimum absolute atomic E-state index is 0.000596. The summed E-state index contributed by atoms with van der Waals surface area (Å²) in [6.45, 7) is 0.953. The molecule has 1 aliphatic rings. The number of hydrogen-bond acceptors (Lipinski definition) is 4. The molecule has 8 heteroatoms. The van der Waals surface area contributed by atoms with E-state index in [9.17, 15) is 13.2 Å². The molecule has 1 aliphatic heterocycles. The molecule has 1 saturated heterocycles. The Balaban J connectivity index is 1.93. The third-order valence-corrected chi connectivity index (χ3v) is 6.35. The first-order valence-electron chi connectivity index (χ1n) is 8.17. The molecule has 1 heterocycles. The van der Waals surface area contributed by atoms with E-state index in [-0.39, 0.29) is 16.2 Å². The fourth-order valence-corrected chi connectivity index (χ4v) is 4.75. The van der Waals surface area contributed by atoms with Crippen LogP contribution in [0.25, 0.3) is 0 Å². The predicted octanol–water partition coefficient (Wildman–Crippen LogP) is 3.39. The molecule has 0 atom stereocenters. The van der Waals surface area contributed by atoms with E-state index in [1.165, 1.54) is 29.6 Å². The van der Waals surface area contributed by atoms with Gasteiger partial charge in [-0.05, 0) is 49.2 Å². The number of benzene rings is 2. The van der Waals surface area contributed by atoms with Crippen molar-refractivity contribution >= 4 is 33.2 Å². The normalized spacial score (nSPS) is 15.0. The number of carbonyl (C=O) groups is 1. The van der Waals surface area contributed by atoms with E-state index < -0.39 is 15.9 Å². The van der Waals surface area contributed by atoms with Gasteiger partial charge in [-0.1, -0.05) is 17.7 Å². The fraction of sp³-hybridized carbons (Fsp3) is 0.278. The highest BCUT2D eigenvalue weighted by Crippen LogP contribution is 2.30. The van der Waals surface area contributed by atoms with Crippen molar-refractivity contribution < 1.29 is 17.9 Å². The molecule has 3 rings (SSSR count). The van der Waals surface area contributed by atoms with Crippen molar-refractivity contribution in [3.63, 3.8) is 0 Å². The van der Waals surface area contributed by atoms with E-state index in [2.05, 4.69) is 5.32 Å². The standard InChI is InChI=1S/C18H19ClN2O4S/c1-25-16-8-7-13(18(22)20-15-6-4-5-14(19)12-15)11-17(16)26(23,24)21-9-2-3-10-21/h4-8,11-12H,2-3,9-10H2,1H3,(H,20,22). The second kappa shape index (κ2) is 7.65. The first kappa shape index (κ1) is 18.7. The van der Waals surface area contributed by atoms with Crippen molar-refractivity contribution in [1.82, 2.24) is 4.31 Å². The van der Waals surface area contributed by atoms with Crippen molar-refractivity contribution in [1.29, 1.82) is 0 Å². The van der Waals surface area contributed by atoms with E-state index in [0.717, 1.165) is 12.8 Å². The average Bonchev–Trinajstić information content (AvgIpc) is 3.16. The van der Waals surface area contributed by atoms with Crippen LogP contribution in [0.1, 0.15) is 23.2 Å². The maximum absolute atomic E-state index is 12.9. The Bertz CT molecular complexity index is 925. The molecule has 6 nitrogen and oxygen atoms in total. The number of amides is 1. The molecule has 0 bridgehead atoms. The van der Waals surface area contributed by atoms with Gasteiger partial charge in [-0.25, -0.2) is 8.42 Å². The Hall–Kier alpha value is -2.09. The first-order valence-corrected chi connectivity index (χ1v) is 9.99. The summed E-state index contributed by atoms with van der Waals surface area (Å²) >= 11 is 5.92. The van der Waals surface area contributed by atoms with Crippen molar-refractivity contribution in [2.75, 3.05) is 25.5 Å². The van der Waals surface area contributed by atoms with Crippen LogP contribution in [-0.2, 0) is 10.0 Å². The molecule has 1 N–H and O–H groups in total. The monoisotopic (exact) mass is 394 g/mol. The number of anilines is 1. The highest BCUT2D eigenvalue weighted by Gasteiger charge is 2.30. The summed E-state index contributed by atoms with van der Waals surface area (Å²) < 4.78 is 32.4. The lowest BCUT2D eigenvalue weighted by Crippen LogP contribution is -2.28. The van der Waals surface area contributed by atoms with Gasteiger partial charge >= 0.3 is 0 Å². The lowest BCUT2D eigenvalue weighted by molar-refractivity contribution is 0.102. The molecule has 0 aliphatic carbocycles. The largest absolute Gasteiger partial charge is 0.495 e. The number of nitrogens with one attached hydrogen (secondary N) is 1. The van der Waals surface area contributed by atoms with Gasteiger partial charge in [0, 0.05) is 29.4 Å². The maximum Gasteiger partial charge on any atom is 0.255 e. The van der Waals surface area contributed by atoms with Crippen LogP contribution in [0.3, 0.4) is 0 Å². The third-order valence-electron chi connectivity index (χ3n) is 4.19. The van der Waals surface area contributed by atoms with Crippen LogP contribution in [0.2, 0.25) is 5.02 Å². The van der Waals surface area contributed by atoms with Crippen LogP contribution in [0.15, 0.2) is 47.4 Å². The van der Waals surface area contributed by atoms with E-state index in [0.29, 0.717) is 23.8 Å². The summed E-state index contributed by atoms with van der Waals surface area (Å²) in [7, 11) is -2.30. The molecule has 26 heavy (non-hydrogen) atoms. The summed E-state index contributed by atoms with van der Waals surface area (Å²) in [4.78, 5) is 12.5. The molecule has 0 aromatic heterocycles. The van der Waals surface area contributed by atoms with Gasteiger partial charge in [0.2, 0.25) is 10.0 Å². The molecular weight excluding hydrogens is 376 g/mol. The number of ether oxygens (including phenoxy) is 1.